The predicted molar refractivity (Wildman–Crippen MR) is 256 cm³/mol. The van der Waals surface area contributed by atoms with Crippen molar-refractivity contribution < 1.29 is 28.6 Å². The van der Waals surface area contributed by atoms with E-state index in [4.69, 9.17) is 14.2 Å². The number of unbranched alkanes of at least 4 members (excludes halogenated alkanes) is 33. The van der Waals surface area contributed by atoms with E-state index in [0.717, 1.165) is 64.2 Å². The van der Waals surface area contributed by atoms with Crippen LogP contribution >= 0.6 is 0 Å². The minimum Gasteiger partial charge on any atom is -0.462 e. The van der Waals surface area contributed by atoms with Crippen LogP contribution in [0.15, 0.2) is 24.3 Å². The second-order valence-electron chi connectivity index (χ2n) is 17.8. The van der Waals surface area contributed by atoms with E-state index in [1.165, 1.54) is 180 Å². The zero-order valence-corrected chi connectivity index (χ0v) is 40.2. The van der Waals surface area contributed by atoms with E-state index >= 15 is 0 Å². The number of carbonyl (C=O) groups is 3. The number of hydrogen-bond donors (Lipinski definition) is 0. The Morgan fingerprint density at radius 3 is 0.850 bits per heavy atom. The van der Waals surface area contributed by atoms with Crippen molar-refractivity contribution in [2.24, 2.45) is 0 Å². The fourth-order valence-electron chi connectivity index (χ4n) is 7.67. The van der Waals surface area contributed by atoms with Crippen LogP contribution in [0.4, 0.5) is 0 Å². The van der Waals surface area contributed by atoms with E-state index in [1.54, 1.807) is 0 Å². The number of allylic oxidation sites excluding steroid dienone is 4. The van der Waals surface area contributed by atoms with Gasteiger partial charge in [0.2, 0.25) is 0 Å². The van der Waals surface area contributed by atoms with Crippen molar-refractivity contribution in [3.05, 3.63) is 24.3 Å². The highest BCUT2D eigenvalue weighted by Gasteiger charge is 2.19. The molecular weight excluding hydrogens is 745 g/mol. The Morgan fingerprint density at radius 2 is 0.550 bits per heavy atom. The van der Waals surface area contributed by atoms with Crippen molar-refractivity contribution in [1.29, 1.82) is 0 Å². The van der Waals surface area contributed by atoms with E-state index in [-0.39, 0.29) is 31.1 Å². The Balaban J connectivity index is 4.36. The molecule has 0 aromatic carbocycles. The molecule has 0 spiro atoms. The fourth-order valence-corrected chi connectivity index (χ4v) is 7.67. The first-order chi connectivity index (χ1) is 29.5. The summed E-state index contributed by atoms with van der Waals surface area (Å²) < 4.78 is 16.8. The van der Waals surface area contributed by atoms with E-state index in [1.807, 2.05) is 0 Å². The second kappa shape index (κ2) is 49.5. The lowest BCUT2D eigenvalue weighted by Crippen LogP contribution is -2.30. The smallest absolute Gasteiger partial charge is 0.306 e. The van der Waals surface area contributed by atoms with E-state index in [2.05, 4.69) is 45.1 Å². The number of hydrogen-bond acceptors (Lipinski definition) is 6. The van der Waals surface area contributed by atoms with Gasteiger partial charge in [0.25, 0.3) is 0 Å². The molecular formula is C54H100O6. The molecule has 0 heterocycles. The zero-order valence-electron chi connectivity index (χ0n) is 40.2. The fraction of sp³-hybridized carbons (Fsp3) is 0.870. The third kappa shape index (κ3) is 46.9. The maximum absolute atomic E-state index is 12.8. The van der Waals surface area contributed by atoms with Crippen LogP contribution < -0.4 is 0 Å². The molecule has 352 valence electrons. The molecule has 0 saturated carbocycles. The van der Waals surface area contributed by atoms with Crippen molar-refractivity contribution >= 4 is 17.9 Å². The topological polar surface area (TPSA) is 78.9 Å². The predicted octanol–water partition coefficient (Wildman–Crippen LogP) is 17.2. The Bertz CT molecular complexity index is 973. The first-order valence-electron chi connectivity index (χ1n) is 26.3. The maximum atomic E-state index is 12.8. The Labute approximate surface area is 373 Å². The van der Waals surface area contributed by atoms with Crippen LogP contribution in [0.1, 0.15) is 284 Å². The molecule has 60 heavy (non-hydrogen) atoms. The minimum atomic E-state index is -0.772. The van der Waals surface area contributed by atoms with Crippen LogP contribution in [-0.2, 0) is 28.6 Å². The molecule has 0 aliphatic carbocycles. The average molecular weight is 845 g/mol. The van der Waals surface area contributed by atoms with Gasteiger partial charge in [-0.2, -0.15) is 0 Å². The van der Waals surface area contributed by atoms with Crippen LogP contribution in [0.3, 0.4) is 0 Å². The molecule has 0 fully saturated rings. The van der Waals surface area contributed by atoms with Crippen LogP contribution in [-0.4, -0.2) is 37.2 Å². The van der Waals surface area contributed by atoms with Gasteiger partial charge in [-0.1, -0.05) is 218 Å². The van der Waals surface area contributed by atoms with Crippen molar-refractivity contribution in [2.45, 2.75) is 290 Å². The third-order valence-corrected chi connectivity index (χ3v) is 11.7. The summed E-state index contributed by atoms with van der Waals surface area (Å²) in [6.07, 6.45) is 55.8. The molecule has 0 aromatic heterocycles. The van der Waals surface area contributed by atoms with E-state index in [9.17, 15) is 14.4 Å². The van der Waals surface area contributed by atoms with E-state index in [0.29, 0.717) is 19.3 Å². The minimum absolute atomic E-state index is 0.0722. The van der Waals surface area contributed by atoms with Crippen LogP contribution in [0.25, 0.3) is 0 Å². The van der Waals surface area contributed by atoms with Gasteiger partial charge in [-0.05, 0) is 70.6 Å². The highest BCUT2D eigenvalue weighted by molar-refractivity contribution is 5.71. The van der Waals surface area contributed by atoms with Gasteiger partial charge in [0.15, 0.2) is 6.10 Å². The van der Waals surface area contributed by atoms with Gasteiger partial charge in [0.05, 0.1) is 0 Å². The summed E-state index contributed by atoms with van der Waals surface area (Å²) >= 11 is 0. The molecule has 0 aromatic rings. The summed E-state index contributed by atoms with van der Waals surface area (Å²) in [5.41, 5.74) is 0. The number of ether oxygens (including phenoxy) is 3. The number of esters is 3. The summed E-state index contributed by atoms with van der Waals surface area (Å²) in [6.45, 7) is 6.63. The molecule has 0 saturated heterocycles. The lowest BCUT2D eigenvalue weighted by Gasteiger charge is -2.18. The lowest BCUT2D eigenvalue weighted by molar-refractivity contribution is -0.167. The first-order valence-corrected chi connectivity index (χ1v) is 26.3. The van der Waals surface area contributed by atoms with Crippen LogP contribution in [0.5, 0.6) is 0 Å². The van der Waals surface area contributed by atoms with Gasteiger partial charge in [-0.15, -0.1) is 0 Å². The molecule has 0 bridgehead atoms. The molecule has 6 nitrogen and oxygen atoms in total. The van der Waals surface area contributed by atoms with Gasteiger partial charge in [-0.25, -0.2) is 0 Å². The summed E-state index contributed by atoms with van der Waals surface area (Å²) in [7, 11) is 0. The molecule has 0 aliphatic heterocycles. The van der Waals surface area contributed by atoms with Gasteiger partial charge >= 0.3 is 17.9 Å². The van der Waals surface area contributed by atoms with Crippen molar-refractivity contribution in [3.63, 3.8) is 0 Å². The Kier molecular flexibility index (Phi) is 47.8. The third-order valence-electron chi connectivity index (χ3n) is 11.7. The van der Waals surface area contributed by atoms with Crippen molar-refractivity contribution in [1.82, 2.24) is 0 Å². The van der Waals surface area contributed by atoms with Crippen LogP contribution in [0.2, 0.25) is 0 Å². The zero-order chi connectivity index (χ0) is 43.7. The van der Waals surface area contributed by atoms with Crippen LogP contribution in [0, 0.1) is 0 Å². The van der Waals surface area contributed by atoms with Crippen molar-refractivity contribution in [3.8, 4) is 0 Å². The molecule has 0 amide bonds. The highest BCUT2D eigenvalue weighted by Crippen LogP contribution is 2.15. The molecule has 0 unspecified atom stereocenters. The summed E-state index contributed by atoms with van der Waals surface area (Å²) in [4.78, 5) is 38.0. The molecule has 1 atom stereocenters. The van der Waals surface area contributed by atoms with Crippen molar-refractivity contribution in [2.75, 3.05) is 13.2 Å². The Hall–Kier alpha value is -2.11. The first kappa shape index (κ1) is 57.9. The monoisotopic (exact) mass is 845 g/mol. The molecule has 6 heteroatoms. The SMILES string of the molecule is CCCCCC/C=C\CCCCCCCCCC(=O)OC[C@H](COC(=O)CCCCCCCCCCCCCC)OC(=O)CCCCCCC/C=C\CCCCCCCC. The Morgan fingerprint density at radius 1 is 0.317 bits per heavy atom. The second-order valence-corrected chi connectivity index (χ2v) is 17.8. The summed E-state index contributed by atoms with van der Waals surface area (Å²) in [5.74, 6) is -0.873. The largest absolute Gasteiger partial charge is 0.462 e. The van der Waals surface area contributed by atoms with E-state index < -0.39 is 6.10 Å². The quantitative estimate of drug-likeness (QED) is 0.0263. The number of carbonyl (C=O) groups excluding carboxylic acids is 3. The average Bonchev–Trinajstić information content (AvgIpc) is 3.24. The maximum Gasteiger partial charge on any atom is 0.306 e. The standard InChI is InChI=1S/C54H100O6/c1-4-7-10-13-16-19-22-25-27-29-32-35-38-41-44-47-53(56)59-50-51(49-58-52(55)46-43-40-37-34-31-24-21-18-15-12-9-6-3)60-54(57)48-45-42-39-36-33-30-28-26-23-20-17-14-11-8-5-2/h19,22,26,28,51H,4-18,20-21,23-25,27,29-50H2,1-3H3/b22-19-,28-26-/t51-/m0/s1. The molecule has 0 aliphatic rings. The molecule has 0 N–H and O–H groups in total. The normalized spacial score (nSPS) is 12.1. The highest BCUT2D eigenvalue weighted by atomic mass is 16.6. The summed E-state index contributed by atoms with van der Waals surface area (Å²) in [5, 5.41) is 0. The number of rotatable bonds is 48. The van der Waals surface area contributed by atoms with Gasteiger partial charge in [0.1, 0.15) is 13.2 Å². The summed E-state index contributed by atoms with van der Waals surface area (Å²) in [6, 6.07) is 0. The van der Waals surface area contributed by atoms with Gasteiger partial charge in [-0.3, -0.25) is 14.4 Å². The molecule has 0 radical (unpaired) electrons. The van der Waals surface area contributed by atoms with Gasteiger partial charge < -0.3 is 14.2 Å². The lowest BCUT2D eigenvalue weighted by atomic mass is 10.0. The van der Waals surface area contributed by atoms with Gasteiger partial charge in [0, 0.05) is 19.3 Å². The molecule has 0 rings (SSSR count).